The highest BCUT2D eigenvalue weighted by Gasteiger charge is 2.40. The molecule has 120 valence electrons. The van der Waals surface area contributed by atoms with Crippen LogP contribution in [-0.4, -0.2) is 37.7 Å². The van der Waals surface area contributed by atoms with Crippen molar-refractivity contribution in [2.75, 3.05) is 27.2 Å². The highest BCUT2D eigenvalue weighted by Crippen LogP contribution is 2.38. The first-order valence-electron chi connectivity index (χ1n) is 8.19. The Hall–Kier alpha value is -1.06. The van der Waals surface area contributed by atoms with Crippen LogP contribution in [-0.2, 0) is 0 Å². The molecule has 0 spiro atoms. The van der Waals surface area contributed by atoms with Gasteiger partial charge in [0.15, 0.2) is 0 Å². The van der Waals surface area contributed by atoms with Crippen LogP contribution in [0.15, 0.2) is 24.3 Å². The zero-order valence-corrected chi connectivity index (χ0v) is 14.6. The molecule has 1 rings (SSSR count). The molecule has 3 heteroatoms. The van der Waals surface area contributed by atoms with E-state index in [9.17, 15) is 0 Å². The number of ether oxygens (including phenoxy) is 1. The van der Waals surface area contributed by atoms with E-state index >= 15 is 0 Å². The van der Waals surface area contributed by atoms with Gasteiger partial charge in [-0.3, -0.25) is 4.90 Å². The average Bonchev–Trinajstić information content (AvgIpc) is 2.55. The summed E-state index contributed by atoms with van der Waals surface area (Å²) < 4.78 is 5.40. The molecular formula is C18H32N2O. The van der Waals surface area contributed by atoms with Crippen molar-refractivity contribution in [3.63, 3.8) is 0 Å². The number of rotatable bonds is 9. The van der Waals surface area contributed by atoms with Crippen LogP contribution in [0.1, 0.15) is 52.1 Å². The van der Waals surface area contributed by atoms with Gasteiger partial charge in [0.2, 0.25) is 0 Å². The predicted molar refractivity (Wildman–Crippen MR) is 91.0 cm³/mol. The number of likely N-dealkylation sites (N-methyl/N-ethyl adjacent to an activating group) is 2. The molecule has 0 bridgehead atoms. The monoisotopic (exact) mass is 292 g/mol. The maximum absolute atomic E-state index is 5.40. The summed E-state index contributed by atoms with van der Waals surface area (Å²) in [6, 6.07) is 8.74. The summed E-state index contributed by atoms with van der Waals surface area (Å²) in [5.41, 5.74) is 1.43. The van der Waals surface area contributed by atoms with Gasteiger partial charge >= 0.3 is 0 Å². The fraction of sp³-hybridized carbons (Fsp3) is 0.667. The summed E-state index contributed by atoms with van der Waals surface area (Å²) in [6.07, 6.45) is 2.24. The van der Waals surface area contributed by atoms with Gasteiger partial charge in [-0.15, -0.1) is 0 Å². The number of nitrogens with one attached hydrogen (secondary N) is 1. The minimum absolute atomic E-state index is 0.130. The number of hydrogen-bond acceptors (Lipinski definition) is 3. The van der Waals surface area contributed by atoms with Gasteiger partial charge in [-0.1, -0.05) is 39.8 Å². The minimum Gasteiger partial charge on any atom is -0.497 e. The van der Waals surface area contributed by atoms with E-state index in [4.69, 9.17) is 4.74 Å². The second kappa shape index (κ2) is 8.40. The van der Waals surface area contributed by atoms with Crippen LogP contribution in [0.4, 0.5) is 0 Å². The molecule has 0 amide bonds. The lowest BCUT2D eigenvalue weighted by Crippen LogP contribution is -2.55. The van der Waals surface area contributed by atoms with Crippen molar-refractivity contribution >= 4 is 0 Å². The molecular weight excluding hydrogens is 260 g/mol. The van der Waals surface area contributed by atoms with E-state index in [0.717, 1.165) is 31.7 Å². The smallest absolute Gasteiger partial charge is 0.119 e. The van der Waals surface area contributed by atoms with Gasteiger partial charge in [0.1, 0.15) is 5.75 Å². The van der Waals surface area contributed by atoms with Crippen molar-refractivity contribution in [3.05, 3.63) is 29.8 Å². The molecule has 1 N–H and O–H groups in total. The lowest BCUT2D eigenvalue weighted by Gasteiger charge is -2.48. The second-order valence-electron chi connectivity index (χ2n) is 5.48. The Morgan fingerprint density at radius 1 is 1.14 bits per heavy atom. The van der Waals surface area contributed by atoms with Crippen LogP contribution in [0.25, 0.3) is 0 Å². The van der Waals surface area contributed by atoms with Gasteiger partial charge in [0.05, 0.1) is 13.2 Å². The van der Waals surface area contributed by atoms with Gasteiger partial charge in [0, 0.05) is 5.54 Å². The third kappa shape index (κ3) is 3.58. The molecule has 0 aliphatic heterocycles. The SMILES string of the molecule is CCN(CC)C(CC)(CC)C(NC)c1cccc(OC)c1. The summed E-state index contributed by atoms with van der Waals surface area (Å²) in [5, 5.41) is 3.56. The molecule has 0 saturated carbocycles. The third-order valence-electron chi connectivity index (χ3n) is 4.87. The zero-order chi connectivity index (χ0) is 15.9. The largest absolute Gasteiger partial charge is 0.497 e. The molecule has 0 radical (unpaired) electrons. The Morgan fingerprint density at radius 2 is 1.76 bits per heavy atom. The van der Waals surface area contributed by atoms with Gasteiger partial charge in [-0.25, -0.2) is 0 Å². The first-order valence-corrected chi connectivity index (χ1v) is 8.19. The topological polar surface area (TPSA) is 24.5 Å². The molecule has 0 fully saturated rings. The molecule has 0 aliphatic carbocycles. The molecule has 3 nitrogen and oxygen atoms in total. The normalized spacial score (nSPS) is 13.5. The Kier molecular flexibility index (Phi) is 7.20. The van der Waals surface area contributed by atoms with E-state index in [2.05, 4.69) is 63.2 Å². The number of benzene rings is 1. The second-order valence-corrected chi connectivity index (χ2v) is 5.48. The van der Waals surface area contributed by atoms with Crippen LogP contribution < -0.4 is 10.1 Å². The standard InChI is InChI=1S/C18H32N2O/c1-7-18(8-2,20(9-3)10-4)17(19-5)15-12-11-13-16(14-15)21-6/h11-14,17,19H,7-10H2,1-6H3. The Morgan fingerprint density at radius 3 is 2.19 bits per heavy atom. The van der Waals surface area contributed by atoms with Gasteiger partial charge < -0.3 is 10.1 Å². The molecule has 1 aromatic rings. The molecule has 0 aliphatic rings. The van der Waals surface area contributed by atoms with E-state index in [0.29, 0.717) is 6.04 Å². The van der Waals surface area contributed by atoms with Crippen LogP contribution in [0.3, 0.4) is 0 Å². The molecule has 21 heavy (non-hydrogen) atoms. The van der Waals surface area contributed by atoms with Gasteiger partial charge in [0.25, 0.3) is 0 Å². The lowest BCUT2D eigenvalue weighted by molar-refractivity contribution is 0.0514. The van der Waals surface area contributed by atoms with Crippen molar-refractivity contribution < 1.29 is 4.74 Å². The number of methoxy groups -OCH3 is 1. The Bertz CT molecular complexity index is 411. The van der Waals surface area contributed by atoms with E-state index in [1.54, 1.807) is 7.11 Å². The average molecular weight is 292 g/mol. The van der Waals surface area contributed by atoms with E-state index in [1.165, 1.54) is 5.56 Å². The van der Waals surface area contributed by atoms with E-state index < -0.39 is 0 Å². The molecule has 0 heterocycles. The van der Waals surface area contributed by atoms with Crippen molar-refractivity contribution in [1.29, 1.82) is 0 Å². The molecule has 1 atom stereocenters. The molecule has 1 unspecified atom stereocenters. The lowest BCUT2D eigenvalue weighted by atomic mass is 9.79. The van der Waals surface area contributed by atoms with Crippen LogP contribution >= 0.6 is 0 Å². The highest BCUT2D eigenvalue weighted by atomic mass is 16.5. The van der Waals surface area contributed by atoms with Crippen LogP contribution in [0.5, 0.6) is 5.75 Å². The fourth-order valence-corrected chi connectivity index (χ4v) is 3.71. The Labute approximate surface area is 130 Å². The quantitative estimate of drug-likeness (QED) is 0.748. The highest BCUT2D eigenvalue weighted by molar-refractivity contribution is 5.32. The zero-order valence-electron chi connectivity index (χ0n) is 14.6. The van der Waals surface area contributed by atoms with Crippen LogP contribution in [0, 0.1) is 0 Å². The summed E-state index contributed by atoms with van der Waals surface area (Å²) in [5.74, 6) is 0.924. The summed E-state index contributed by atoms with van der Waals surface area (Å²) in [4.78, 5) is 2.59. The van der Waals surface area contributed by atoms with Gasteiger partial charge in [-0.2, -0.15) is 0 Å². The van der Waals surface area contributed by atoms with Crippen molar-refractivity contribution in [2.45, 2.75) is 52.1 Å². The fourth-order valence-electron chi connectivity index (χ4n) is 3.71. The summed E-state index contributed by atoms with van der Waals surface area (Å²) >= 11 is 0. The van der Waals surface area contributed by atoms with Crippen molar-refractivity contribution in [3.8, 4) is 5.75 Å². The van der Waals surface area contributed by atoms with Crippen molar-refractivity contribution in [2.24, 2.45) is 0 Å². The van der Waals surface area contributed by atoms with Crippen molar-refractivity contribution in [1.82, 2.24) is 10.2 Å². The maximum Gasteiger partial charge on any atom is 0.119 e. The molecule has 0 aromatic heterocycles. The molecule has 1 aromatic carbocycles. The van der Waals surface area contributed by atoms with Crippen LogP contribution in [0.2, 0.25) is 0 Å². The first-order chi connectivity index (χ1) is 10.1. The number of nitrogens with zero attached hydrogens (tertiary/aromatic N) is 1. The van der Waals surface area contributed by atoms with Gasteiger partial charge in [-0.05, 0) is 50.7 Å². The third-order valence-corrected chi connectivity index (χ3v) is 4.87. The Balaban J connectivity index is 3.29. The van der Waals surface area contributed by atoms with E-state index in [-0.39, 0.29) is 5.54 Å². The predicted octanol–water partition coefficient (Wildman–Crippen LogP) is 3.86. The first kappa shape index (κ1) is 18.0. The summed E-state index contributed by atoms with van der Waals surface area (Å²) in [6.45, 7) is 11.2. The van der Waals surface area contributed by atoms with E-state index in [1.807, 2.05) is 6.07 Å². The molecule has 0 saturated heterocycles. The maximum atomic E-state index is 5.40. The number of hydrogen-bond donors (Lipinski definition) is 1. The summed E-state index contributed by atoms with van der Waals surface area (Å²) in [7, 11) is 3.79. The minimum atomic E-state index is 0.130.